The lowest BCUT2D eigenvalue weighted by molar-refractivity contribution is -0.115. The maximum absolute atomic E-state index is 12.2. The van der Waals surface area contributed by atoms with E-state index >= 15 is 0 Å². The molecule has 1 heterocycles. The Morgan fingerprint density at radius 3 is 2.72 bits per heavy atom. The highest BCUT2D eigenvalue weighted by Crippen LogP contribution is 2.24. The summed E-state index contributed by atoms with van der Waals surface area (Å²) in [6, 6.07) is 15.1. The number of amides is 1. The molecule has 0 aliphatic rings. The van der Waals surface area contributed by atoms with Gasteiger partial charge in [-0.3, -0.25) is 4.79 Å². The van der Waals surface area contributed by atoms with Gasteiger partial charge in [0.25, 0.3) is 0 Å². The van der Waals surface area contributed by atoms with Crippen LogP contribution in [0.25, 0.3) is 11.3 Å². The molecule has 1 N–H and O–H groups in total. The van der Waals surface area contributed by atoms with Crippen molar-refractivity contribution in [1.29, 1.82) is 0 Å². The van der Waals surface area contributed by atoms with Crippen LogP contribution in [0, 0.1) is 13.8 Å². The lowest BCUT2D eigenvalue weighted by Crippen LogP contribution is -2.14. The van der Waals surface area contributed by atoms with Gasteiger partial charge in [0.15, 0.2) is 5.76 Å². The van der Waals surface area contributed by atoms with Gasteiger partial charge in [0.05, 0.1) is 19.2 Å². The fourth-order valence-electron chi connectivity index (χ4n) is 2.50. The minimum atomic E-state index is -0.131. The van der Waals surface area contributed by atoms with Crippen LogP contribution in [0.4, 0.5) is 5.69 Å². The highest BCUT2D eigenvalue weighted by Gasteiger charge is 2.12. The highest BCUT2D eigenvalue weighted by atomic mass is 16.5. The summed E-state index contributed by atoms with van der Waals surface area (Å²) < 4.78 is 10.6. The molecule has 0 aliphatic carbocycles. The van der Waals surface area contributed by atoms with Crippen LogP contribution >= 0.6 is 0 Å². The first kappa shape index (κ1) is 16.8. The molecule has 0 unspecified atom stereocenters. The zero-order chi connectivity index (χ0) is 17.8. The summed E-state index contributed by atoms with van der Waals surface area (Å²) in [7, 11) is 1.61. The van der Waals surface area contributed by atoms with E-state index in [-0.39, 0.29) is 12.3 Å². The van der Waals surface area contributed by atoms with Crippen LogP contribution in [-0.2, 0) is 11.2 Å². The second-order valence-corrected chi connectivity index (χ2v) is 5.94. The predicted octanol–water partition coefficient (Wildman–Crippen LogP) is 4.15. The van der Waals surface area contributed by atoms with Crippen LogP contribution in [-0.4, -0.2) is 18.2 Å². The fourth-order valence-corrected chi connectivity index (χ4v) is 2.50. The summed E-state index contributed by atoms with van der Waals surface area (Å²) in [5.74, 6) is 1.21. The van der Waals surface area contributed by atoms with Crippen LogP contribution in [0.2, 0.25) is 0 Å². The van der Waals surface area contributed by atoms with Crippen molar-refractivity contribution in [2.24, 2.45) is 0 Å². The van der Waals surface area contributed by atoms with Crippen molar-refractivity contribution in [3.8, 4) is 17.1 Å². The monoisotopic (exact) mass is 336 g/mol. The number of ether oxygens (including phenoxy) is 1. The zero-order valence-corrected chi connectivity index (χ0v) is 14.5. The molecule has 0 saturated heterocycles. The lowest BCUT2D eigenvalue weighted by Gasteiger charge is -2.06. The average Bonchev–Trinajstić information content (AvgIpc) is 3.06. The van der Waals surface area contributed by atoms with Crippen molar-refractivity contribution in [2.75, 3.05) is 12.4 Å². The summed E-state index contributed by atoms with van der Waals surface area (Å²) >= 11 is 0. The minimum absolute atomic E-state index is 0.131. The first-order valence-electron chi connectivity index (χ1n) is 8.02. The van der Waals surface area contributed by atoms with Gasteiger partial charge in [-0.2, -0.15) is 0 Å². The Kier molecular flexibility index (Phi) is 4.84. The van der Waals surface area contributed by atoms with Gasteiger partial charge in [0.2, 0.25) is 5.91 Å². The van der Waals surface area contributed by atoms with Crippen molar-refractivity contribution in [1.82, 2.24) is 5.16 Å². The molecule has 0 spiro atoms. The van der Waals surface area contributed by atoms with Crippen LogP contribution in [0.15, 0.2) is 53.1 Å². The Labute approximate surface area is 146 Å². The summed E-state index contributed by atoms with van der Waals surface area (Å²) in [4.78, 5) is 12.2. The van der Waals surface area contributed by atoms with E-state index in [0.717, 1.165) is 22.6 Å². The summed E-state index contributed by atoms with van der Waals surface area (Å²) in [6.45, 7) is 4.06. The van der Waals surface area contributed by atoms with Gasteiger partial charge in [-0.05, 0) is 49.2 Å². The molecule has 0 radical (unpaired) electrons. The molecule has 2 aromatic carbocycles. The first-order chi connectivity index (χ1) is 12.0. The quantitative estimate of drug-likeness (QED) is 0.760. The van der Waals surface area contributed by atoms with E-state index in [2.05, 4.69) is 10.5 Å². The number of aromatic nitrogens is 1. The molecule has 25 heavy (non-hydrogen) atoms. The number of hydrogen-bond acceptors (Lipinski definition) is 4. The number of nitrogens with one attached hydrogen (secondary N) is 1. The Bertz CT molecular complexity index is 899. The molecule has 0 bridgehead atoms. The van der Waals surface area contributed by atoms with Crippen molar-refractivity contribution in [2.45, 2.75) is 20.3 Å². The molecule has 1 aromatic heterocycles. The van der Waals surface area contributed by atoms with Gasteiger partial charge in [-0.25, -0.2) is 0 Å². The smallest absolute Gasteiger partial charge is 0.230 e. The molecule has 0 aliphatic heterocycles. The number of nitrogens with zero attached hydrogens (tertiary/aromatic N) is 1. The average molecular weight is 336 g/mol. The van der Waals surface area contributed by atoms with E-state index in [1.165, 1.54) is 5.56 Å². The van der Waals surface area contributed by atoms with Gasteiger partial charge in [-0.15, -0.1) is 0 Å². The maximum Gasteiger partial charge on any atom is 0.230 e. The number of benzene rings is 2. The van der Waals surface area contributed by atoms with Gasteiger partial charge < -0.3 is 14.6 Å². The van der Waals surface area contributed by atoms with Crippen LogP contribution in [0.3, 0.4) is 0 Å². The van der Waals surface area contributed by atoms with E-state index in [9.17, 15) is 4.79 Å². The third-order valence-electron chi connectivity index (χ3n) is 4.05. The molecule has 3 rings (SSSR count). The maximum atomic E-state index is 12.2. The van der Waals surface area contributed by atoms with E-state index in [1.807, 2.05) is 56.3 Å². The number of aryl methyl sites for hydroxylation is 2. The second kappa shape index (κ2) is 7.21. The van der Waals surface area contributed by atoms with Gasteiger partial charge >= 0.3 is 0 Å². The third-order valence-corrected chi connectivity index (χ3v) is 4.05. The number of carbonyl (C=O) groups excluding carboxylic acids is 1. The van der Waals surface area contributed by atoms with Crippen molar-refractivity contribution < 1.29 is 14.1 Å². The van der Waals surface area contributed by atoms with E-state index < -0.39 is 0 Å². The number of rotatable bonds is 5. The molecule has 1 amide bonds. The highest BCUT2D eigenvalue weighted by molar-refractivity contribution is 5.92. The van der Waals surface area contributed by atoms with E-state index in [0.29, 0.717) is 11.5 Å². The van der Waals surface area contributed by atoms with E-state index in [4.69, 9.17) is 9.26 Å². The van der Waals surface area contributed by atoms with Gasteiger partial charge in [0, 0.05) is 17.3 Å². The fraction of sp³-hybridized carbons (Fsp3) is 0.200. The van der Waals surface area contributed by atoms with Crippen molar-refractivity contribution in [3.05, 3.63) is 65.4 Å². The normalized spacial score (nSPS) is 10.5. The van der Waals surface area contributed by atoms with Crippen molar-refractivity contribution in [3.63, 3.8) is 0 Å². The largest absolute Gasteiger partial charge is 0.497 e. The molecular weight excluding hydrogens is 316 g/mol. The first-order valence-corrected chi connectivity index (χ1v) is 8.02. The molecule has 0 saturated carbocycles. The van der Waals surface area contributed by atoms with Crippen LogP contribution in [0.1, 0.15) is 16.8 Å². The number of methoxy groups -OCH3 is 1. The molecule has 3 aromatic rings. The van der Waals surface area contributed by atoms with Crippen LogP contribution in [0.5, 0.6) is 5.75 Å². The van der Waals surface area contributed by atoms with Gasteiger partial charge in [-0.1, -0.05) is 23.4 Å². The molecule has 5 heteroatoms. The Hall–Kier alpha value is -3.08. The minimum Gasteiger partial charge on any atom is -0.497 e. The van der Waals surface area contributed by atoms with Crippen molar-refractivity contribution >= 4 is 11.6 Å². The Morgan fingerprint density at radius 2 is 1.96 bits per heavy atom. The number of anilines is 1. The Morgan fingerprint density at radius 1 is 1.12 bits per heavy atom. The molecule has 5 nitrogen and oxygen atoms in total. The standard InChI is InChI=1S/C20H20N2O3/c1-13-7-8-16(9-14(13)2)21-20(23)12-17-11-19(25-22-17)15-5-4-6-18(10-15)24-3/h4-11H,12H2,1-3H3,(H,21,23). The molecule has 128 valence electrons. The lowest BCUT2D eigenvalue weighted by atomic mass is 10.1. The zero-order valence-electron chi connectivity index (χ0n) is 14.5. The number of hydrogen-bond donors (Lipinski definition) is 1. The third kappa shape index (κ3) is 4.07. The van der Waals surface area contributed by atoms with Gasteiger partial charge in [0.1, 0.15) is 5.75 Å². The summed E-state index contributed by atoms with van der Waals surface area (Å²) in [5.41, 5.74) is 4.55. The summed E-state index contributed by atoms with van der Waals surface area (Å²) in [6.07, 6.45) is 0.153. The molecular formula is C20H20N2O3. The van der Waals surface area contributed by atoms with Crippen LogP contribution < -0.4 is 10.1 Å². The summed E-state index contributed by atoms with van der Waals surface area (Å²) in [5, 5.41) is 6.87. The predicted molar refractivity (Wildman–Crippen MR) is 96.7 cm³/mol. The number of carbonyl (C=O) groups is 1. The Balaban J connectivity index is 1.68. The topological polar surface area (TPSA) is 64.4 Å². The van der Waals surface area contributed by atoms with E-state index in [1.54, 1.807) is 13.2 Å². The SMILES string of the molecule is COc1cccc(-c2cc(CC(=O)Nc3ccc(C)c(C)c3)no2)c1. The second-order valence-electron chi connectivity index (χ2n) is 5.94. The molecule has 0 fully saturated rings. The molecule has 0 atom stereocenters.